The molecule has 6 heteroatoms. The van der Waals surface area contributed by atoms with Crippen LogP contribution in [-0.2, 0) is 22.6 Å². The molecule has 0 spiro atoms. The van der Waals surface area contributed by atoms with Crippen molar-refractivity contribution in [2.45, 2.75) is 31.7 Å². The monoisotopic (exact) mass is 392 g/mol. The average molecular weight is 392 g/mol. The minimum absolute atomic E-state index is 0.121. The van der Waals surface area contributed by atoms with E-state index in [0.29, 0.717) is 30.9 Å². The smallest absolute Gasteiger partial charge is 0.260 e. The van der Waals surface area contributed by atoms with E-state index in [9.17, 15) is 15.0 Å². The van der Waals surface area contributed by atoms with Crippen molar-refractivity contribution in [2.24, 2.45) is 0 Å². The van der Waals surface area contributed by atoms with Crippen molar-refractivity contribution >= 4 is 22.9 Å². The number of rotatable bonds is 3. The van der Waals surface area contributed by atoms with Crippen LogP contribution in [-0.4, -0.2) is 52.9 Å². The van der Waals surface area contributed by atoms with Gasteiger partial charge in [0, 0.05) is 42.0 Å². The number of likely N-dealkylation sites (tertiary alicyclic amines) is 1. The van der Waals surface area contributed by atoms with E-state index in [2.05, 4.69) is 22.3 Å². The van der Waals surface area contributed by atoms with Crippen LogP contribution in [0.15, 0.2) is 42.5 Å². The molecule has 3 aliphatic heterocycles. The van der Waals surface area contributed by atoms with Crippen molar-refractivity contribution in [3.63, 3.8) is 0 Å². The van der Waals surface area contributed by atoms with Gasteiger partial charge in [-0.3, -0.25) is 4.79 Å². The van der Waals surface area contributed by atoms with Crippen LogP contribution in [0.3, 0.4) is 0 Å². The number of para-hydroxylation sites is 1. The van der Waals surface area contributed by atoms with Crippen molar-refractivity contribution < 1.29 is 19.7 Å². The third-order valence-electron chi connectivity index (χ3n) is 6.03. The van der Waals surface area contributed by atoms with Gasteiger partial charge in [0.05, 0.1) is 17.8 Å². The van der Waals surface area contributed by atoms with Gasteiger partial charge in [-0.05, 0) is 24.5 Å². The van der Waals surface area contributed by atoms with Crippen molar-refractivity contribution in [1.29, 1.82) is 0 Å². The first-order valence-corrected chi connectivity index (χ1v) is 10.1. The normalized spacial score (nSPS) is 26.1. The Kier molecular flexibility index (Phi) is 4.62. The maximum Gasteiger partial charge on any atom is 0.260 e. The molecule has 2 aromatic carbocycles. The number of hydrogen-bond donors (Lipinski definition) is 3. The molecule has 29 heavy (non-hydrogen) atoms. The molecule has 150 valence electrons. The third-order valence-corrected chi connectivity index (χ3v) is 6.03. The summed E-state index contributed by atoms with van der Waals surface area (Å²) in [5.74, 6) is 0.533. The molecule has 0 radical (unpaired) electrons. The SMILES string of the molecule is O=C1Nc2ccccc2C1=C1OCc2cc(CCN3CC[C@@H](O)[C@H](O)C3)ccc21. The zero-order chi connectivity index (χ0) is 20.0. The number of benzene rings is 2. The highest BCUT2D eigenvalue weighted by molar-refractivity contribution is 6.36. The molecule has 0 aromatic heterocycles. The molecule has 0 aliphatic carbocycles. The van der Waals surface area contributed by atoms with Crippen LogP contribution in [0.25, 0.3) is 11.3 Å². The minimum Gasteiger partial charge on any atom is -0.487 e. The molecule has 1 amide bonds. The number of aliphatic hydroxyl groups is 2. The van der Waals surface area contributed by atoms with Crippen LogP contribution in [0.5, 0.6) is 0 Å². The van der Waals surface area contributed by atoms with E-state index in [4.69, 9.17) is 4.74 Å². The standard InChI is InChI=1S/C23H24N2O4/c26-19-8-10-25(12-20(19)27)9-7-14-5-6-16-15(11-14)13-29-22(16)21-17-3-1-2-4-18(17)24-23(21)28/h1-6,11,19-20,26-27H,7-10,12-13H2,(H,24,28)/t19-,20-/m1/s1. The van der Waals surface area contributed by atoms with Crippen LogP contribution in [0.4, 0.5) is 5.69 Å². The Hall–Kier alpha value is -2.67. The summed E-state index contributed by atoms with van der Waals surface area (Å²) in [6.45, 7) is 2.62. The van der Waals surface area contributed by atoms with E-state index < -0.39 is 12.2 Å². The summed E-state index contributed by atoms with van der Waals surface area (Å²) in [6, 6.07) is 14.0. The van der Waals surface area contributed by atoms with Crippen molar-refractivity contribution in [2.75, 3.05) is 25.0 Å². The maximum absolute atomic E-state index is 12.5. The van der Waals surface area contributed by atoms with Crippen LogP contribution in [0, 0.1) is 0 Å². The van der Waals surface area contributed by atoms with E-state index >= 15 is 0 Å². The molecule has 6 nitrogen and oxygen atoms in total. The first-order chi connectivity index (χ1) is 14.1. The Morgan fingerprint density at radius 3 is 2.83 bits per heavy atom. The number of hydrogen-bond acceptors (Lipinski definition) is 5. The van der Waals surface area contributed by atoms with E-state index in [0.717, 1.165) is 41.9 Å². The van der Waals surface area contributed by atoms with Gasteiger partial charge in [0.1, 0.15) is 12.4 Å². The molecule has 1 fully saturated rings. The summed E-state index contributed by atoms with van der Waals surface area (Å²) in [5, 5.41) is 22.4. The number of carbonyl (C=O) groups excluding carboxylic acids is 1. The fourth-order valence-electron chi connectivity index (χ4n) is 4.40. The Balaban J connectivity index is 1.35. The number of β-amino-alcohol motifs (C(OH)–C–C–N with tert-alkyl or cyclic N) is 1. The molecule has 1 saturated heterocycles. The van der Waals surface area contributed by atoms with Crippen molar-refractivity contribution in [3.8, 4) is 0 Å². The number of nitrogens with zero attached hydrogens (tertiary/aromatic N) is 1. The molecule has 0 unspecified atom stereocenters. The van der Waals surface area contributed by atoms with Gasteiger partial charge in [-0.1, -0.05) is 36.4 Å². The van der Waals surface area contributed by atoms with Gasteiger partial charge in [-0.15, -0.1) is 0 Å². The number of amides is 1. The second kappa shape index (κ2) is 7.30. The van der Waals surface area contributed by atoms with E-state index in [1.165, 1.54) is 5.56 Å². The lowest BCUT2D eigenvalue weighted by molar-refractivity contribution is -0.110. The molecule has 2 aromatic rings. The van der Waals surface area contributed by atoms with Gasteiger partial charge in [-0.2, -0.15) is 0 Å². The lowest BCUT2D eigenvalue weighted by Gasteiger charge is -2.33. The number of fused-ring (bicyclic) bond motifs is 2. The van der Waals surface area contributed by atoms with E-state index in [-0.39, 0.29) is 5.91 Å². The van der Waals surface area contributed by atoms with Gasteiger partial charge >= 0.3 is 0 Å². The quantitative estimate of drug-likeness (QED) is 0.696. The highest BCUT2D eigenvalue weighted by atomic mass is 16.5. The van der Waals surface area contributed by atoms with Gasteiger partial charge in [-0.25, -0.2) is 0 Å². The first kappa shape index (κ1) is 18.4. The van der Waals surface area contributed by atoms with Gasteiger partial charge < -0.3 is 25.2 Å². The van der Waals surface area contributed by atoms with Gasteiger partial charge in [0.15, 0.2) is 0 Å². The Bertz CT molecular complexity index is 1000. The van der Waals surface area contributed by atoms with Gasteiger partial charge in [0.2, 0.25) is 0 Å². The number of ether oxygens (including phenoxy) is 1. The van der Waals surface area contributed by atoms with E-state index in [1.807, 2.05) is 30.3 Å². The Morgan fingerprint density at radius 2 is 1.97 bits per heavy atom. The van der Waals surface area contributed by atoms with Gasteiger partial charge in [0.25, 0.3) is 5.91 Å². The van der Waals surface area contributed by atoms with Crippen LogP contribution in [0.1, 0.15) is 28.7 Å². The van der Waals surface area contributed by atoms with Crippen LogP contribution >= 0.6 is 0 Å². The van der Waals surface area contributed by atoms with Crippen molar-refractivity contribution in [3.05, 3.63) is 64.7 Å². The average Bonchev–Trinajstić information content (AvgIpc) is 3.28. The Labute approximate surface area is 169 Å². The fraction of sp³-hybridized carbons (Fsp3) is 0.348. The third kappa shape index (κ3) is 3.33. The summed E-state index contributed by atoms with van der Waals surface area (Å²) in [7, 11) is 0. The lowest BCUT2D eigenvalue weighted by Crippen LogP contribution is -2.47. The predicted octanol–water partition coefficient (Wildman–Crippen LogP) is 2.01. The second-order valence-electron chi connectivity index (χ2n) is 7.96. The molecule has 3 heterocycles. The first-order valence-electron chi connectivity index (χ1n) is 10.1. The molecule has 3 N–H and O–H groups in total. The topological polar surface area (TPSA) is 82.0 Å². The lowest BCUT2D eigenvalue weighted by atomic mass is 9.98. The minimum atomic E-state index is -0.660. The molecular formula is C23H24N2O4. The highest BCUT2D eigenvalue weighted by Crippen LogP contribution is 2.41. The fourth-order valence-corrected chi connectivity index (χ4v) is 4.40. The summed E-state index contributed by atoms with van der Waals surface area (Å²) in [6.07, 6.45) is 0.213. The zero-order valence-electron chi connectivity index (χ0n) is 16.1. The number of nitrogens with one attached hydrogen (secondary N) is 1. The molecule has 2 atom stereocenters. The number of aliphatic hydroxyl groups excluding tert-OH is 2. The molecule has 0 saturated carbocycles. The van der Waals surface area contributed by atoms with E-state index in [1.54, 1.807) is 0 Å². The Morgan fingerprint density at radius 1 is 1.10 bits per heavy atom. The highest BCUT2D eigenvalue weighted by Gasteiger charge is 2.32. The van der Waals surface area contributed by atoms with Crippen LogP contribution in [0.2, 0.25) is 0 Å². The predicted molar refractivity (Wildman–Crippen MR) is 110 cm³/mol. The molecule has 3 aliphatic rings. The summed E-state index contributed by atoms with van der Waals surface area (Å²) < 4.78 is 5.96. The number of carbonyl (C=O) groups is 1. The zero-order valence-corrected chi connectivity index (χ0v) is 16.1. The molecule has 0 bridgehead atoms. The molecular weight excluding hydrogens is 368 g/mol. The number of piperidine rings is 1. The van der Waals surface area contributed by atoms with Crippen molar-refractivity contribution in [1.82, 2.24) is 4.90 Å². The largest absolute Gasteiger partial charge is 0.487 e. The number of anilines is 1. The summed E-state index contributed by atoms with van der Waals surface area (Å²) >= 11 is 0. The van der Waals surface area contributed by atoms with Crippen LogP contribution < -0.4 is 5.32 Å². The maximum atomic E-state index is 12.5. The summed E-state index contributed by atoms with van der Waals surface area (Å²) in [4.78, 5) is 14.7. The second-order valence-corrected chi connectivity index (χ2v) is 7.96. The molecule has 5 rings (SSSR count). The summed E-state index contributed by atoms with van der Waals surface area (Å²) in [5.41, 5.74) is 5.59.